The Morgan fingerprint density at radius 2 is 1.55 bits per heavy atom. The van der Waals surface area contributed by atoms with E-state index in [0.29, 0.717) is 28.5 Å². The summed E-state index contributed by atoms with van der Waals surface area (Å²) in [5.41, 5.74) is 4.49. The molecule has 0 spiro atoms. The number of carbonyl (C=O) groups excluding carboxylic acids is 2. The van der Waals surface area contributed by atoms with Crippen molar-refractivity contribution in [1.29, 1.82) is 0 Å². The van der Waals surface area contributed by atoms with Crippen LogP contribution < -0.4 is 14.8 Å². The summed E-state index contributed by atoms with van der Waals surface area (Å²) in [6, 6.07) is 11.4. The Balaban J connectivity index is 1.54. The van der Waals surface area contributed by atoms with Crippen LogP contribution in [0.1, 0.15) is 61.6 Å². The van der Waals surface area contributed by atoms with Crippen molar-refractivity contribution in [1.82, 2.24) is 4.90 Å². The van der Waals surface area contributed by atoms with E-state index in [0.717, 1.165) is 55.2 Å². The predicted molar refractivity (Wildman–Crippen MR) is 127 cm³/mol. The molecule has 6 nitrogen and oxygen atoms in total. The summed E-state index contributed by atoms with van der Waals surface area (Å²) >= 11 is 0. The average molecular weight is 447 g/mol. The van der Waals surface area contributed by atoms with E-state index < -0.39 is 0 Å². The third kappa shape index (κ3) is 4.10. The van der Waals surface area contributed by atoms with Crippen molar-refractivity contribution in [2.45, 2.75) is 64.8 Å². The van der Waals surface area contributed by atoms with Crippen molar-refractivity contribution in [2.75, 3.05) is 12.1 Å². The van der Waals surface area contributed by atoms with Gasteiger partial charge in [-0.25, -0.2) is 0 Å². The van der Waals surface area contributed by atoms with Gasteiger partial charge >= 0.3 is 0 Å². The van der Waals surface area contributed by atoms with Gasteiger partial charge in [-0.3, -0.25) is 14.5 Å². The topological polar surface area (TPSA) is 67.9 Å². The van der Waals surface area contributed by atoms with Crippen molar-refractivity contribution in [2.24, 2.45) is 0 Å². The van der Waals surface area contributed by atoms with Crippen LogP contribution in [0.5, 0.6) is 11.5 Å². The molecule has 2 aliphatic heterocycles. The number of amides is 2. The van der Waals surface area contributed by atoms with E-state index in [4.69, 9.17) is 9.47 Å². The van der Waals surface area contributed by atoms with Crippen LogP contribution in [-0.2, 0) is 9.59 Å². The molecule has 2 amide bonds. The van der Waals surface area contributed by atoms with Crippen LogP contribution in [0.2, 0.25) is 0 Å². The molecule has 5 rings (SSSR count). The van der Waals surface area contributed by atoms with E-state index in [-0.39, 0.29) is 24.6 Å². The summed E-state index contributed by atoms with van der Waals surface area (Å²) in [6.07, 6.45) is 7.39. The first-order valence-electron chi connectivity index (χ1n) is 11.9. The first-order valence-corrected chi connectivity index (χ1v) is 11.9. The van der Waals surface area contributed by atoms with Crippen LogP contribution in [0.3, 0.4) is 0 Å². The van der Waals surface area contributed by atoms with Crippen LogP contribution in [-0.4, -0.2) is 29.5 Å². The van der Waals surface area contributed by atoms with E-state index in [9.17, 15) is 9.59 Å². The summed E-state index contributed by atoms with van der Waals surface area (Å²) in [5, 5.41) is 3.26. The second-order valence-corrected chi connectivity index (χ2v) is 9.22. The number of anilines is 1. The largest absolute Gasteiger partial charge is 0.454 e. The van der Waals surface area contributed by atoms with Crippen molar-refractivity contribution in [3.8, 4) is 11.5 Å². The van der Waals surface area contributed by atoms with Gasteiger partial charge in [0, 0.05) is 17.8 Å². The lowest BCUT2D eigenvalue weighted by Gasteiger charge is -2.28. The molecule has 3 aliphatic rings. The van der Waals surface area contributed by atoms with Gasteiger partial charge in [-0.1, -0.05) is 50.3 Å². The Kier molecular flexibility index (Phi) is 5.83. The lowest BCUT2D eigenvalue weighted by atomic mass is 9.95. The molecule has 0 radical (unpaired) electrons. The molecule has 2 aromatic carbocycles. The molecule has 1 saturated carbocycles. The predicted octanol–water partition coefficient (Wildman–Crippen LogP) is 5.34. The number of aryl methyl sites for hydroxylation is 2. The fourth-order valence-electron chi connectivity index (χ4n) is 4.97. The van der Waals surface area contributed by atoms with Gasteiger partial charge in [0.25, 0.3) is 11.8 Å². The van der Waals surface area contributed by atoms with Crippen LogP contribution in [0.25, 0.3) is 5.57 Å². The molecule has 0 atom stereocenters. The fourth-order valence-corrected chi connectivity index (χ4v) is 4.97. The number of nitrogens with one attached hydrogen (secondary N) is 1. The number of hydrogen-bond donors (Lipinski definition) is 1. The Hall–Kier alpha value is -3.28. The number of hydrogen-bond acceptors (Lipinski definition) is 5. The first kappa shape index (κ1) is 21.6. The van der Waals surface area contributed by atoms with Crippen molar-refractivity contribution in [3.05, 3.63) is 58.8 Å². The van der Waals surface area contributed by atoms with Gasteiger partial charge in [-0.15, -0.1) is 0 Å². The molecule has 172 valence electrons. The molecule has 0 bridgehead atoms. The van der Waals surface area contributed by atoms with Gasteiger partial charge in [0.2, 0.25) is 6.79 Å². The number of fused-ring (bicyclic) bond motifs is 1. The van der Waals surface area contributed by atoms with Gasteiger partial charge in [0.05, 0.1) is 5.57 Å². The highest BCUT2D eigenvalue weighted by molar-refractivity contribution is 6.36. The van der Waals surface area contributed by atoms with Gasteiger partial charge in [0.1, 0.15) is 5.70 Å². The average Bonchev–Trinajstić information content (AvgIpc) is 3.33. The number of benzene rings is 2. The smallest absolute Gasteiger partial charge is 0.278 e. The number of nitrogens with zero attached hydrogens (tertiary/aromatic N) is 1. The second kappa shape index (κ2) is 8.93. The number of rotatable bonds is 4. The van der Waals surface area contributed by atoms with Crippen LogP contribution in [0, 0.1) is 13.8 Å². The summed E-state index contributed by atoms with van der Waals surface area (Å²) in [5.74, 6) is 0.865. The quantitative estimate of drug-likeness (QED) is 0.643. The molecule has 2 heterocycles. The summed E-state index contributed by atoms with van der Waals surface area (Å²) in [4.78, 5) is 29.0. The number of ether oxygens (including phenoxy) is 2. The molecular weight excluding hydrogens is 416 g/mol. The number of imide groups is 1. The third-order valence-electron chi connectivity index (χ3n) is 6.99. The van der Waals surface area contributed by atoms with Crippen molar-refractivity contribution in [3.63, 3.8) is 0 Å². The van der Waals surface area contributed by atoms with E-state index in [1.165, 1.54) is 11.3 Å². The van der Waals surface area contributed by atoms with E-state index in [2.05, 4.69) is 5.32 Å². The zero-order chi connectivity index (χ0) is 22.9. The molecule has 1 fully saturated rings. The maximum atomic E-state index is 13.8. The molecule has 1 N–H and O–H groups in total. The lowest BCUT2D eigenvalue weighted by Crippen LogP contribution is -2.42. The molecule has 0 saturated heterocycles. The Morgan fingerprint density at radius 1 is 0.818 bits per heavy atom. The minimum Gasteiger partial charge on any atom is -0.454 e. The molecule has 33 heavy (non-hydrogen) atoms. The molecule has 0 unspecified atom stereocenters. The van der Waals surface area contributed by atoms with Crippen LogP contribution in [0.15, 0.2) is 42.1 Å². The molecule has 1 aliphatic carbocycles. The maximum Gasteiger partial charge on any atom is 0.278 e. The second-order valence-electron chi connectivity index (χ2n) is 9.22. The summed E-state index contributed by atoms with van der Waals surface area (Å²) < 4.78 is 10.9. The lowest BCUT2D eigenvalue weighted by molar-refractivity contribution is -0.140. The minimum atomic E-state index is -0.239. The minimum absolute atomic E-state index is 0.0529. The molecule has 6 heteroatoms. The van der Waals surface area contributed by atoms with Gasteiger partial charge in [-0.05, 0) is 55.5 Å². The maximum absolute atomic E-state index is 13.8. The number of carbonyl (C=O) groups is 2. The van der Waals surface area contributed by atoms with Crippen molar-refractivity contribution >= 4 is 23.1 Å². The third-order valence-corrected chi connectivity index (χ3v) is 6.99. The van der Waals surface area contributed by atoms with Gasteiger partial charge in [-0.2, -0.15) is 0 Å². The molecular formula is C27H30N2O4. The first-order chi connectivity index (χ1) is 16.0. The highest BCUT2D eigenvalue weighted by Crippen LogP contribution is 2.38. The zero-order valence-corrected chi connectivity index (χ0v) is 19.3. The van der Waals surface area contributed by atoms with E-state index in [1.54, 1.807) is 0 Å². The van der Waals surface area contributed by atoms with Crippen LogP contribution in [0.4, 0.5) is 5.69 Å². The fraction of sp³-hybridized carbons (Fsp3) is 0.407. The van der Waals surface area contributed by atoms with Crippen LogP contribution >= 0.6 is 0 Å². The summed E-state index contributed by atoms with van der Waals surface area (Å²) in [7, 11) is 0. The van der Waals surface area contributed by atoms with E-state index >= 15 is 0 Å². The molecule has 0 aromatic heterocycles. The summed E-state index contributed by atoms with van der Waals surface area (Å²) in [6.45, 7) is 4.25. The highest BCUT2D eigenvalue weighted by Gasteiger charge is 2.42. The Labute approximate surface area is 194 Å². The Morgan fingerprint density at radius 3 is 2.30 bits per heavy atom. The molecule has 2 aromatic rings. The Bertz CT molecular complexity index is 1130. The normalized spacial score (nSPS) is 19.2. The van der Waals surface area contributed by atoms with E-state index in [1.807, 2.05) is 50.2 Å². The standard InChI is InChI=1S/C27H30N2O4/c1-17-10-11-19(14-18(17)2)24-25(28-20-12-13-22-23(15-20)33-16-32-22)27(31)29(26(24)30)21-8-6-4-3-5-7-9-21/h10-15,21,28H,3-9,16H2,1-2H3. The zero-order valence-electron chi connectivity index (χ0n) is 19.3. The van der Waals surface area contributed by atoms with Gasteiger partial charge in [0.15, 0.2) is 11.5 Å². The SMILES string of the molecule is Cc1ccc(C2=C(Nc3ccc4c(c3)OCO4)C(=O)N(C3CCCCCCC3)C2=O)cc1C. The monoisotopic (exact) mass is 446 g/mol. The van der Waals surface area contributed by atoms with Gasteiger partial charge < -0.3 is 14.8 Å². The highest BCUT2D eigenvalue weighted by atomic mass is 16.7. The van der Waals surface area contributed by atoms with Crippen molar-refractivity contribution < 1.29 is 19.1 Å².